The van der Waals surface area contributed by atoms with Crippen molar-refractivity contribution in [2.45, 2.75) is 25.3 Å². The molecule has 7 heteroatoms. The molecule has 1 aliphatic heterocycles. The summed E-state index contributed by atoms with van der Waals surface area (Å²) in [5.41, 5.74) is 1.87. The summed E-state index contributed by atoms with van der Waals surface area (Å²) >= 11 is 0. The van der Waals surface area contributed by atoms with Gasteiger partial charge in [0.05, 0.1) is 11.0 Å². The number of ketones is 1. The third-order valence-corrected chi connectivity index (χ3v) is 3.72. The van der Waals surface area contributed by atoms with E-state index in [1.54, 1.807) is 12.1 Å². The Balaban J connectivity index is 2.01. The maximum Gasteiger partial charge on any atom is 0.319 e. The number of nitro benzene ring substituents is 1. The number of rotatable bonds is 2. The molecule has 7 nitrogen and oxygen atoms in total. The van der Waals surface area contributed by atoms with Crippen LogP contribution < -0.4 is 10.6 Å². The van der Waals surface area contributed by atoms with Gasteiger partial charge in [-0.3, -0.25) is 14.9 Å². The molecule has 0 unspecified atom stereocenters. The molecule has 0 saturated carbocycles. The number of carbonyl (C=O) groups is 2. The van der Waals surface area contributed by atoms with Crippen molar-refractivity contribution < 1.29 is 14.5 Å². The molecule has 2 amide bonds. The maximum absolute atomic E-state index is 12.1. The Morgan fingerprint density at radius 1 is 1.14 bits per heavy atom. The average Bonchev–Trinajstić information content (AvgIpc) is 2.46. The van der Waals surface area contributed by atoms with Crippen LogP contribution >= 0.6 is 0 Å². The molecule has 0 spiro atoms. The van der Waals surface area contributed by atoms with Crippen molar-refractivity contribution >= 4 is 17.5 Å². The highest BCUT2D eigenvalue weighted by molar-refractivity contribution is 6.00. The average molecular weight is 287 g/mol. The van der Waals surface area contributed by atoms with Crippen molar-refractivity contribution in [2.75, 3.05) is 0 Å². The molecule has 2 aliphatic rings. The predicted molar refractivity (Wildman–Crippen MR) is 73.4 cm³/mol. The van der Waals surface area contributed by atoms with Crippen molar-refractivity contribution in [3.63, 3.8) is 0 Å². The van der Waals surface area contributed by atoms with E-state index in [0.717, 1.165) is 6.42 Å². The van der Waals surface area contributed by atoms with Gasteiger partial charge in [0.1, 0.15) is 0 Å². The van der Waals surface area contributed by atoms with Crippen LogP contribution in [0.5, 0.6) is 0 Å². The van der Waals surface area contributed by atoms with Crippen LogP contribution in [0.3, 0.4) is 0 Å². The van der Waals surface area contributed by atoms with E-state index < -0.39 is 11.0 Å². The van der Waals surface area contributed by atoms with Gasteiger partial charge in [-0.2, -0.15) is 0 Å². The smallest absolute Gasteiger partial charge is 0.319 e. The van der Waals surface area contributed by atoms with Gasteiger partial charge < -0.3 is 10.6 Å². The van der Waals surface area contributed by atoms with Crippen molar-refractivity contribution in [3.05, 3.63) is 51.2 Å². The van der Waals surface area contributed by atoms with Crippen LogP contribution in [-0.4, -0.2) is 16.7 Å². The summed E-state index contributed by atoms with van der Waals surface area (Å²) < 4.78 is 0. The summed E-state index contributed by atoms with van der Waals surface area (Å²) in [6, 6.07) is 4.99. The highest BCUT2D eigenvalue weighted by atomic mass is 16.6. The number of amides is 2. The second kappa shape index (κ2) is 5.01. The highest BCUT2D eigenvalue weighted by Crippen LogP contribution is 2.33. The molecule has 0 saturated heterocycles. The van der Waals surface area contributed by atoms with E-state index in [2.05, 4.69) is 10.6 Å². The summed E-state index contributed by atoms with van der Waals surface area (Å²) in [6.45, 7) is 0. The monoisotopic (exact) mass is 287 g/mol. The van der Waals surface area contributed by atoms with Gasteiger partial charge in [-0.1, -0.05) is 0 Å². The SMILES string of the molecule is O=C1NC2=C(C(=O)CCC2)[C@H](c2ccc([N+](=O)[O-])cc2)N1. The van der Waals surface area contributed by atoms with Gasteiger partial charge >= 0.3 is 6.03 Å². The van der Waals surface area contributed by atoms with E-state index >= 15 is 0 Å². The summed E-state index contributed by atoms with van der Waals surface area (Å²) in [4.78, 5) is 34.0. The quantitative estimate of drug-likeness (QED) is 0.641. The van der Waals surface area contributed by atoms with Gasteiger partial charge in [0, 0.05) is 29.8 Å². The first-order chi connectivity index (χ1) is 10.1. The lowest BCUT2D eigenvalue weighted by atomic mass is 9.85. The Labute approximate surface area is 120 Å². The van der Waals surface area contributed by atoms with Crippen LogP contribution in [0, 0.1) is 10.1 Å². The number of urea groups is 1. The van der Waals surface area contributed by atoms with Crippen LogP contribution in [0.4, 0.5) is 10.5 Å². The molecule has 0 radical (unpaired) electrons. The van der Waals surface area contributed by atoms with Gasteiger partial charge in [-0.05, 0) is 30.5 Å². The fraction of sp³-hybridized carbons (Fsp3) is 0.286. The van der Waals surface area contributed by atoms with Crippen molar-refractivity contribution in [1.29, 1.82) is 0 Å². The van der Waals surface area contributed by atoms with Gasteiger partial charge in [0.2, 0.25) is 0 Å². The van der Waals surface area contributed by atoms with E-state index in [4.69, 9.17) is 0 Å². The Morgan fingerprint density at radius 2 is 1.86 bits per heavy atom. The minimum atomic E-state index is -0.539. The summed E-state index contributed by atoms with van der Waals surface area (Å²) in [5.74, 6) is 0.00658. The normalized spacial score (nSPS) is 21.4. The number of non-ortho nitro benzene ring substituents is 1. The predicted octanol–water partition coefficient (Wildman–Crippen LogP) is 1.96. The zero-order chi connectivity index (χ0) is 15.0. The van der Waals surface area contributed by atoms with Gasteiger partial charge in [-0.25, -0.2) is 4.79 Å². The number of carbonyl (C=O) groups excluding carboxylic acids is 2. The number of nitro groups is 1. The van der Waals surface area contributed by atoms with Crippen molar-refractivity contribution in [1.82, 2.24) is 10.6 Å². The zero-order valence-corrected chi connectivity index (χ0v) is 11.1. The van der Waals surface area contributed by atoms with Crippen molar-refractivity contribution in [2.24, 2.45) is 0 Å². The summed E-state index contributed by atoms with van der Waals surface area (Å²) in [5, 5.41) is 16.1. The first-order valence-electron chi connectivity index (χ1n) is 6.64. The van der Waals surface area contributed by atoms with Crippen LogP contribution in [0.25, 0.3) is 0 Å². The van der Waals surface area contributed by atoms with Crippen LogP contribution in [0.1, 0.15) is 30.9 Å². The lowest BCUT2D eigenvalue weighted by Gasteiger charge is -2.32. The molecular weight excluding hydrogens is 274 g/mol. The first-order valence-corrected chi connectivity index (χ1v) is 6.64. The Kier molecular flexibility index (Phi) is 3.17. The standard InChI is InChI=1S/C14H13N3O4/c18-11-3-1-2-10-12(11)13(16-14(19)15-10)8-4-6-9(7-5-8)17(20)21/h4-7,13H,1-3H2,(H2,15,16,19)/t13-/m0/s1. The number of Topliss-reactive ketones (excluding diaryl/α,β-unsaturated/α-hetero) is 1. The minimum absolute atomic E-state index is 0.00658. The maximum atomic E-state index is 12.1. The number of hydrogen-bond acceptors (Lipinski definition) is 4. The highest BCUT2D eigenvalue weighted by Gasteiger charge is 2.34. The number of hydrogen-bond donors (Lipinski definition) is 2. The van der Waals surface area contributed by atoms with E-state index in [-0.39, 0.29) is 17.5 Å². The summed E-state index contributed by atoms with van der Waals surface area (Å²) in [7, 11) is 0. The number of allylic oxidation sites excluding steroid dienone is 1. The van der Waals surface area contributed by atoms with Crippen LogP contribution in [0.15, 0.2) is 35.5 Å². The summed E-state index contributed by atoms with van der Waals surface area (Å²) in [6.07, 6.45) is 1.85. The lowest BCUT2D eigenvalue weighted by molar-refractivity contribution is -0.384. The Bertz CT molecular complexity index is 663. The molecule has 0 fully saturated rings. The molecule has 0 aromatic heterocycles. The first kappa shape index (κ1) is 13.3. The van der Waals surface area contributed by atoms with E-state index in [1.165, 1.54) is 12.1 Å². The molecule has 0 bridgehead atoms. The van der Waals surface area contributed by atoms with E-state index in [1.807, 2.05) is 0 Å². The lowest BCUT2D eigenvalue weighted by Crippen LogP contribution is -2.46. The van der Waals surface area contributed by atoms with Crippen LogP contribution in [0.2, 0.25) is 0 Å². The number of nitrogens with zero attached hydrogens (tertiary/aromatic N) is 1. The third-order valence-electron chi connectivity index (χ3n) is 3.72. The number of nitrogens with one attached hydrogen (secondary N) is 2. The Morgan fingerprint density at radius 3 is 2.52 bits per heavy atom. The van der Waals surface area contributed by atoms with Gasteiger partial charge in [-0.15, -0.1) is 0 Å². The van der Waals surface area contributed by atoms with E-state index in [0.29, 0.717) is 29.7 Å². The molecule has 1 aliphatic carbocycles. The topological polar surface area (TPSA) is 101 Å². The van der Waals surface area contributed by atoms with Gasteiger partial charge in [0.15, 0.2) is 5.78 Å². The molecule has 1 aromatic carbocycles. The second-order valence-corrected chi connectivity index (χ2v) is 5.05. The molecule has 108 valence electrons. The molecule has 21 heavy (non-hydrogen) atoms. The number of benzene rings is 1. The second-order valence-electron chi connectivity index (χ2n) is 5.05. The fourth-order valence-corrected chi connectivity index (χ4v) is 2.74. The Hall–Kier alpha value is -2.70. The van der Waals surface area contributed by atoms with Crippen LogP contribution in [-0.2, 0) is 4.79 Å². The van der Waals surface area contributed by atoms with Gasteiger partial charge in [0.25, 0.3) is 5.69 Å². The largest absolute Gasteiger partial charge is 0.327 e. The third kappa shape index (κ3) is 2.37. The molecule has 1 atom stereocenters. The molecular formula is C14H13N3O4. The minimum Gasteiger partial charge on any atom is -0.327 e. The molecule has 1 aromatic rings. The van der Waals surface area contributed by atoms with Crippen molar-refractivity contribution in [3.8, 4) is 0 Å². The molecule has 3 rings (SSSR count). The molecule has 2 N–H and O–H groups in total. The zero-order valence-electron chi connectivity index (χ0n) is 11.1. The van der Waals surface area contributed by atoms with E-state index in [9.17, 15) is 19.7 Å². The molecule has 1 heterocycles. The fourth-order valence-electron chi connectivity index (χ4n) is 2.74.